The molecule has 0 saturated carbocycles. The monoisotopic (exact) mass is 574 g/mol. The molecule has 6 rings (SSSR count). The molecule has 4 aromatic carbocycles. The highest BCUT2D eigenvalue weighted by Crippen LogP contribution is 2.43. The van der Waals surface area contributed by atoms with Crippen LogP contribution in [0.3, 0.4) is 0 Å². The minimum Gasteiger partial charge on any atom is -0.349 e. The van der Waals surface area contributed by atoms with Crippen LogP contribution in [0, 0.1) is 6.92 Å². The number of nitrogens with one attached hydrogen (secondary N) is 2. The lowest BCUT2D eigenvalue weighted by atomic mass is 10.0. The van der Waals surface area contributed by atoms with E-state index in [9.17, 15) is 9.59 Å². The Hall–Kier alpha value is -4.13. The number of carbonyl (C=O) groups excluding carboxylic acids is 2. The standard InChI is InChI=1S/C36H35N3O2S/c1-26-9-8-14-29(21-26)25-39-32-23-30(15-16-33(32)42-34(36(39)41)22-27-10-4-2-5-11-27)35(40)37-31-17-19-38(20-18-31)24-28-12-6-3-7-13-28/h2-16,21-23,31H,17-20,24-25H2,1H3,(H,37,40)/p+1. The van der Waals surface area contributed by atoms with Crippen LogP contribution in [0.5, 0.6) is 0 Å². The van der Waals surface area contributed by atoms with Crippen LogP contribution in [0.1, 0.15) is 45.5 Å². The van der Waals surface area contributed by atoms with Gasteiger partial charge in [0.2, 0.25) is 0 Å². The van der Waals surface area contributed by atoms with Crippen molar-refractivity contribution in [2.45, 2.75) is 43.8 Å². The van der Waals surface area contributed by atoms with Gasteiger partial charge in [-0.1, -0.05) is 102 Å². The average Bonchev–Trinajstić information content (AvgIpc) is 3.01. The quantitative estimate of drug-likeness (QED) is 0.281. The van der Waals surface area contributed by atoms with E-state index in [1.165, 1.54) is 17.3 Å². The number of likely N-dealkylation sites (tertiary alicyclic amines) is 1. The predicted octanol–water partition coefficient (Wildman–Crippen LogP) is 5.65. The molecule has 0 bridgehead atoms. The second kappa shape index (κ2) is 12.8. The predicted molar refractivity (Wildman–Crippen MR) is 170 cm³/mol. The Morgan fingerprint density at radius 2 is 1.62 bits per heavy atom. The number of carbonyl (C=O) groups is 2. The molecule has 6 heteroatoms. The highest BCUT2D eigenvalue weighted by molar-refractivity contribution is 8.04. The number of anilines is 1. The van der Waals surface area contributed by atoms with Crippen molar-refractivity contribution >= 4 is 35.3 Å². The van der Waals surface area contributed by atoms with E-state index in [0.717, 1.165) is 59.7 Å². The Kier molecular flexibility index (Phi) is 8.54. The summed E-state index contributed by atoms with van der Waals surface area (Å²) in [5.74, 6) is -0.128. The van der Waals surface area contributed by atoms with Crippen molar-refractivity contribution in [1.82, 2.24) is 5.32 Å². The van der Waals surface area contributed by atoms with Gasteiger partial charge in [0.15, 0.2) is 0 Å². The fraction of sp³-hybridized carbons (Fsp3) is 0.222. The largest absolute Gasteiger partial charge is 0.349 e. The van der Waals surface area contributed by atoms with E-state index in [1.807, 2.05) is 71.6 Å². The summed E-state index contributed by atoms with van der Waals surface area (Å²) in [6, 6.07) is 34.7. The van der Waals surface area contributed by atoms with E-state index in [2.05, 4.69) is 54.7 Å². The third kappa shape index (κ3) is 6.67. The number of aryl methyl sites for hydroxylation is 1. The van der Waals surface area contributed by atoms with Crippen molar-refractivity contribution < 1.29 is 14.5 Å². The number of amides is 2. The minimum absolute atomic E-state index is 0.0517. The van der Waals surface area contributed by atoms with E-state index in [1.54, 1.807) is 4.90 Å². The number of rotatable bonds is 7. The van der Waals surface area contributed by atoms with Gasteiger partial charge >= 0.3 is 0 Å². The van der Waals surface area contributed by atoms with E-state index in [-0.39, 0.29) is 17.9 Å². The molecule has 212 valence electrons. The van der Waals surface area contributed by atoms with Crippen LogP contribution < -0.4 is 15.1 Å². The van der Waals surface area contributed by atoms with Gasteiger partial charge in [0.1, 0.15) is 6.54 Å². The minimum atomic E-state index is -0.0760. The Bertz CT molecular complexity index is 1590. The first-order valence-electron chi connectivity index (χ1n) is 14.7. The highest BCUT2D eigenvalue weighted by Gasteiger charge is 2.31. The van der Waals surface area contributed by atoms with E-state index >= 15 is 0 Å². The summed E-state index contributed by atoms with van der Waals surface area (Å²) in [4.78, 5) is 32.3. The van der Waals surface area contributed by atoms with Gasteiger partial charge in [-0.05, 0) is 42.3 Å². The van der Waals surface area contributed by atoms with Gasteiger partial charge in [0, 0.05) is 34.9 Å². The third-order valence-electron chi connectivity index (χ3n) is 8.03. The van der Waals surface area contributed by atoms with Crippen molar-refractivity contribution in [3.05, 3.63) is 136 Å². The number of benzene rings is 4. The molecule has 2 amide bonds. The second-order valence-corrected chi connectivity index (χ2v) is 12.3. The van der Waals surface area contributed by atoms with Gasteiger partial charge in [-0.25, -0.2) is 0 Å². The number of thioether (sulfide) groups is 1. The van der Waals surface area contributed by atoms with Crippen LogP contribution >= 0.6 is 11.8 Å². The molecule has 2 N–H and O–H groups in total. The smallest absolute Gasteiger partial charge is 0.265 e. The maximum absolute atomic E-state index is 13.9. The van der Waals surface area contributed by atoms with Gasteiger partial charge in [-0.2, -0.15) is 0 Å². The lowest BCUT2D eigenvalue weighted by Gasteiger charge is -2.31. The molecule has 5 nitrogen and oxygen atoms in total. The second-order valence-electron chi connectivity index (χ2n) is 11.2. The van der Waals surface area contributed by atoms with Gasteiger partial charge in [-0.3, -0.25) is 9.59 Å². The molecular formula is C36H36N3O2S+. The fourth-order valence-corrected chi connectivity index (χ4v) is 6.84. The normalized spacial score (nSPS) is 19.4. The molecule has 2 aliphatic rings. The van der Waals surface area contributed by atoms with Crippen LogP contribution in [0.15, 0.2) is 113 Å². The summed E-state index contributed by atoms with van der Waals surface area (Å²) in [7, 11) is 0. The molecule has 0 spiro atoms. The summed E-state index contributed by atoms with van der Waals surface area (Å²) >= 11 is 1.47. The van der Waals surface area contributed by atoms with Crippen LogP contribution in [0.25, 0.3) is 6.08 Å². The number of nitrogens with zero attached hydrogens (tertiary/aromatic N) is 1. The SMILES string of the molecule is Cc1cccc(CN2C(=O)C(=Cc3ccccc3)Sc3ccc(C(=O)NC4CC[NH+](Cc5ccccc5)CC4)cc32)c1. The van der Waals surface area contributed by atoms with Crippen molar-refractivity contribution in [3.8, 4) is 0 Å². The fourth-order valence-electron chi connectivity index (χ4n) is 5.80. The van der Waals surface area contributed by atoms with Crippen molar-refractivity contribution in [2.75, 3.05) is 18.0 Å². The average molecular weight is 575 g/mol. The highest BCUT2D eigenvalue weighted by atomic mass is 32.2. The topological polar surface area (TPSA) is 53.9 Å². The molecule has 4 aromatic rings. The molecule has 2 aliphatic heterocycles. The molecule has 2 heterocycles. The molecule has 0 unspecified atom stereocenters. The molecule has 0 aliphatic carbocycles. The maximum Gasteiger partial charge on any atom is 0.265 e. The number of hydrogen-bond donors (Lipinski definition) is 2. The Morgan fingerprint density at radius 1 is 0.905 bits per heavy atom. The first kappa shape index (κ1) is 28.0. The number of hydrogen-bond acceptors (Lipinski definition) is 3. The van der Waals surface area contributed by atoms with Crippen molar-refractivity contribution in [3.63, 3.8) is 0 Å². The van der Waals surface area contributed by atoms with Gasteiger partial charge in [0.05, 0.1) is 30.2 Å². The van der Waals surface area contributed by atoms with Crippen molar-refractivity contribution in [2.24, 2.45) is 0 Å². The zero-order valence-corrected chi connectivity index (χ0v) is 24.7. The third-order valence-corrected chi connectivity index (χ3v) is 9.11. The van der Waals surface area contributed by atoms with Crippen LogP contribution in [-0.4, -0.2) is 30.9 Å². The Morgan fingerprint density at radius 3 is 2.36 bits per heavy atom. The van der Waals surface area contributed by atoms with E-state index in [4.69, 9.17) is 0 Å². The maximum atomic E-state index is 13.9. The summed E-state index contributed by atoms with van der Waals surface area (Å²) in [6.45, 7) is 5.59. The van der Waals surface area contributed by atoms with Crippen LogP contribution in [0.4, 0.5) is 5.69 Å². The summed E-state index contributed by atoms with van der Waals surface area (Å²) in [6.07, 6.45) is 3.87. The zero-order chi connectivity index (χ0) is 28.9. The lowest BCUT2D eigenvalue weighted by Crippen LogP contribution is -3.12. The van der Waals surface area contributed by atoms with Crippen LogP contribution in [0.2, 0.25) is 0 Å². The van der Waals surface area contributed by atoms with Gasteiger partial charge in [-0.15, -0.1) is 0 Å². The van der Waals surface area contributed by atoms with Gasteiger partial charge in [0.25, 0.3) is 11.8 Å². The number of quaternary nitrogens is 1. The lowest BCUT2D eigenvalue weighted by molar-refractivity contribution is -0.918. The van der Waals surface area contributed by atoms with E-state index in [0.29, 0.717) is 17.0 Å². The first-order chi connectivity index (χ1) is 20.5. The summed E-state index contributed by atoms with van der Waals surface area (Å²) in [5.41, 5.74) is 5.92. The van der Waals surface area contributed by atoms with Crippen LogP contribution in [-0.2, 0) is 17.9 Å². The molecule has 0 aromatic heterocycles. The molecular weight excluding hydrogens is 538 g/mol. The number of piperidine rings is 1. The van der Waals surface area contributed by atoms with E-state index < -0.39 is 0 Å². The van der Waals surface area contributed by atoms with Gasteiger partial charge < -0.3 is 15.1 Å². The van der Waals surface area contributed by atoms with Crippen molar-refractivity contribution in [1.29, 1.82) is 0 Å². The Balaban J connectivity index is 1.19. The summed E-state index contributed by atoms with van der Waals surface area (Å²) < 4.78 is 0. The summed E-state index contributed by atoms with van der Waals surface area (Å²) in [5, 5.41) is 3.28. The number of fused-ring (bicyclic) bond motifs is 1. The zero-order valence-electron chi connectivity index (χ0n) is 23.9. The molecule has 0 radical (unpaired) electrons. The Labute approximate surface area is 252 Å². The molecule has 1 fully saturated rings. The molecule has 1 saturated heterocycles. The first-order valence-corrected chi connectivity index (χ1v) is 15.5. The molecule has 0 atom stereocenters. The molecule has 42 heavy (non-hydrogen) atoms.